The van der Waals surface area contributed by atoms with Gasteiger partial charge in [0, 0.05) is 13.5 Å². The van der Waals surface area contributed by atoms with Crippen LogP contribution in [0.5, 0.6) is 0 Å². The normalized spacial score (nSPS) is 22.0. The quantitative estimate of drug-likeness (QED) is 0.154. The molecule has 0 spiro atoms. The number of rotatable bonds is 11. The largest absolute Gasteiger partial charge is 0.465 e. The fraction of sp³-hybridized carbons (Fsp3) is 0.474. The number of unbranched alkanes of at least 4 members (excludes halogenated alkanes) is 1. The van der Waals surface area contributed by atoms with Crippen LogP contribution >= 0.6 is 0 Å². The molecule has 0 saturated carbocycles. The van der Waals surface area contributed by atoms with E-state index in [0.717, 1.165) is 6.42 Å². The highest BCUT2D eigenvalue weighted by molar-refractivity contribution is 6.18. The maximum atomic E-state index is 12.3. The maximum absolute atomic E-state index is 12.3. The van der Waals surface area contributed by atoms with E-state index >= 15 is 0 Å². The third-order valence-corrected chi connectivity index (χ3v) is 3.90. The van der Waals surface area contributed by atoms with Crippen LogP contribution in [0, 0.1) is 0 Å². The number of esters is 1. The van der Waals surface area contributed by atoms with Crippen molar-refractivity contribution in [2.45, 2.75) is 44.0 Å². The van der Waals surface area contributed by atoms with Crippen LogP contribution in [-0.2, 0) is 23.8 Å². The summed E-state index contributed by atoms with van der Waals surface area (Å²) in [6.45, 7) is 7.20. The summed E-state index contributed by atoms with van der Waals surface area (Å²) in [6, 6.07) is 0. The van der Waals surface area contributed by atoms with Gasteiger partial charge in [-0.15, -0.1) is 13.2 Å². The first-order chi connectivity index (χ1) is 12.0. The zero-order chi connectivity index (χ0) is 18.9. The van der Waals surface area contributed by atoms with E-state index in [9.17, 15) is 14.7 Å². The van der Waals surface area contributed by atoms with Crippen LogP contribution in [0.25, 0.3) is 0 Å². The summed E-state index contributed by atoms with van der Waals surface area (Å²) in [5.41, 5.74) is -0.196. The van der Waals surface area contributed by atoms with Gasteiger partial charge in [-0.1, -0.05) is 12.2 Å². The lowest BCUT2D eigenvalue weighted by atomic mass is 10.0. The summed E-state index contributed by atoms with van der Waals surface area (Å²) in [5, 5.41) is 10.4. The van der Waals surface area contributed by atoms with Crippen molar-refractivity contribution in [1.29, 1.82) is 0 Å². The van der Waals surface area contributed by atoms with Crippen LogP contribution in [0.2, 0.25) is 0 Å². The summed E-state index contributed by atoms with van der Waals surface area (Å²) in [7, 11) is 2.58. The SMILES string of the molecule is C=CCCC[C@H](O)[C@@]1(OC)C=C/C(=C(/C(=O)CCC=C)C(=O)OC)O1. The van der Waals surface area contributed by atoms with Gasteiger partial charge in [-0.2, -0.15) is 0 Å². The van der Waals surface area contributed by atoms with Crippen molar-refractivity contribution in [2.24, 2.45) is 0 Å². The van der Waals surface area contributed by atoms with Crippen LogP contribution in [0.4, 0.5) is 0 Å². The van der Waals surface area contributed by atoms with E-state index < -0.39 is 23.6 Å². The number of ether oxygens (including phenoxy) is 3. The van der Waals surface area contributed by atoms with E-state index in [-0.39, 0.29) is 17.8 Å². The van der Waals surface area contributed by atoms with Crippen LogP contribution in [0.15, 0.2) is 48.8 Å². The Bertz CT molecular complexity index is 574. The number of Topliss-reactive ketones (excluding diaryl/α,β-unsaturated/α-hetero) is 1. The molecule has 1 N–H and O–H groups in total. The number of methoxy groups -OCH3 is 2. The molecule has 0 aromatic rings. The molecular weight excluding hydrogens is 324 g/mol. The summed E-state index contributed by atoms with van der Waals surface area (Å²) in [5.74, 6) is -2.61. The molecule has 0 aromatic carbocycles. The lowest BCUT2D eigenvalue weighted by Crippen LogP contribution is -2.43. The Labute approximate surface area is 148 Å². The standard InChI is InChI=1S/C19H26O6/c1-5-7-9-11-16(21)19(24-4)13-12-15(25-19)17(18(22)23-3)14(20)10-8-6-2/h5-6,12-13,16,21H,1-2,7-11H2,3-4H3/b17-15+/t16-,19+/m0/s1. The van der Waals surface area contributed by atoms with Crippen molar-refractivity contribution in [3.05, 3.63) is 48.8 Å². The van der Waals surface area contributed by atoms with Crippen molar-refractivity contribution in [2.75, 3.05) is 14.2 Å². The van der Waals surface area contributed by atoms with E-state index in [1.807, 2.05) is 0 Å². The van der Waals surface area contributed by atoms with Gasteiger partial charge in [0.2, 0.25) is 0 Å². The number of aliphatic hydroxyl groups is 1. The Morgan fingerprint density at radius 1 is 1.32 bits per heavy atom. The minimum atomic E-state index is -1.44. The van der Waals surface area contributed by atoms with Crippen LogP contribution in [0.3, 0.4) is 0 Å². The van der Waals surface area contributed by atoms with Crippen LogP contribution in [-0.4, -0.2) is 43.0 Å². The van der Waals surface area contributed by atoms with Crippen molar-refractivity contribution < 1.29 is 28.9 Å². The second-order valence-corrected chi connectivity index (χ2v) is 5.58. The second-order valence-electron chi connectivity index (χ2n) is 5.58. The molecule has 0 aliphatic carbocycles. The lowest BCUT2D eigenvalue weighted by Gasteiger charge is -2.31. The molecule has 6 heteroatoms. The molecule has 1 heterocycles. The molecular formula is C19H26O6. The van der Waals surface area contributed by atoms with Crippen LogP contribution in [0.1, 0.15) is 32.1 Å². The molecule has 0 radical (unpaired) electrons. The van der Waals surface area contributed by atoms with Gasteiger partial charge in [-0.3, -0.25) is 4.79 Å². The maximum Gasteiger partial charge on any atom is 0.345 e. The van der Waals surface area contributed by atoms with Crippen molar-refractivity contribution >= 4 is 11.8 Å². The monoisotopic (exact) mass is 350 g/mol. The number of allylic oxidation sites excluding steroid dienone is 3. The number of hydrogen-bond donors (Lipinski definition) is 1. The fourth-order valence-electron chi connectivity index (χ4n) is 2.46. The lowest BCUT2D eigenvalue weighted by molar-refractivity contribution is -0.212. The second kappa shape index (κ2) is 9.96. The molecule has 1 rings (SSSR count). The van der Waals surface area contributed by atoms with Gasteiger partial charge < -0.3 is 19.3 Å². The Hall–Kier alpha value is -2.18. The predicted octanol–water partition coefficient (Wildman–Crippen LogP) is 2.60. The van der Waals surface area contributed by atoms with Crippen molar-refractivity contribution in [3.63, 3.8) is 0 Å². The summed E-state index contributed by atoms with van der Waals surface area (Å²) >= 11 is 0. The number of ketones is 1. The Kier molecular flexibility index (Phi) is 8.31. The van der Waals surface area contributed by atoms with Crippen molar-refractivity contribution in [1.82, 2.24) is 0 Å². The molecule has 1 aliphatic rings. The van der Waals surface area contributed by atoms with E-state index in [2.05, 4.69) is 13.2 Å². The molecule has 0 amide bonds. The first-order valence-electron chi connectivity index (χ1n) is 8.14. The summed E-state index contributed by atoms with van der Waals surface area (Å²) in [4.78, 5) is 24.4. The average Bonchev–Trinajstić information content (AvgIpc) is 3.05. The Balaban J connectivity index is 3.06. The summed E-state index contributed by atoms with van der Waals surface area (Å²) < 4.78 is 15.7. The molecule has 1 aliphatic heterocycles. The Morgan fingerprint density at radius 3 is 2.56 bits per heavy atom. The summed E-state index contributed by atoms with van der Waals surface area (Å²) in [6.07, 6.45) is 7.74. The zero-order valence-corrected chi connectivity index (χ0v) is 14.8. The number of carbonyl (C=O) groups excluding carboxylic acids is 2. The predicted molar refractivity (Wildman–Crippen MR) is 93.5 cm³/mol. The molecule has 2 atom stereocenters. The van der Waals surface area contributed by atoms with Gasteiger partial charge in [0.25, 0.3) is 5.79 Å². The third kappa shape index (κ3) is 5.14. The highest BCUT2D eigenvalue weighted by Crippen LogP contribution is 2.34. The highest BCUT2D eigenvalue weighted by atomic mass is 16.7. The average molecular weight is 350 g/mol. The molecule has 0 unspecified atom stereocenters. The highest BCUT2D eigenvalue weighted by Gasteiger charge is 2.43. The van der Waals surface area contributed by atoms with E-state index in [1.54, 1.807) is 12.2 Å². The van der Waals surface area contributed by atoms with Gasteiger partial charge in [0.15, 0.2) is 5.78 Å². The third-order valence-electron chi connectivity index (χ3n) is 3.90. The van der Waals surface area contributed by atoms with Gasteiger partial charge in [-0.25, -0.2) is 4.79 Å². The van der Waals surface area contributed by atoms with Gasteiger partial charge in [0.05, 0.1) is 7.11 Å². The first kappa shape index (κ1) is 20.9. The molecule has 6 nitrogen and oxygen atoms in total. The minimum Gasteiger partial charge on any atom is -0.465 e. The number of aliphatic hydroxyl groups excluding tert-OH is 1. The smallest absolute Gasteiger partial charge is 0.345 e. The van der Waals surface area contributed by atoms with Gasteiger partial charge in [-0.05, 0) is 37.8 Å². The van der Waals surface area contributed by atoms with E-state index in [0.29, 0.717) is 19.3 Å². The molecule has 0 bridgehead atoms. The zero-order valence-electron chi connectivity index (χ0n) is 14.8. The minimum absolute atomic E-state index is 0.0329. The van der Waals surface area contributed by atoms with Gasteiger partial charge >= 0.3 is 5.97 Å². The van der Waals surface area contributed by atoms with Crippen LogP contribution < -0.4 is 0 Å². The van der Waals surface area contributed by atoms with E-state index in [1.165, 1.54) is 26.4 Å². The fourth-order valence-corrected chi connectivity index (χ4v) is 2.46. The van der Waals surface area contributed by atoms with Crippen molar-refractivity contribution in [3.8, 4) is 0 Å². The molecule has 138 valence electrons. The number of hydrogen-bond acceptors (Lipinski definition) is 6. The molecule has 0 saturated heterocycles. The first-order valence-corrected chi connectivity index (χ1v) is 8.14. The molecule has 0 aromatic heterocycles. The Morgan fingerprint density at radius 2 is 2.00 bits per heavy atom. The van der Waals surface area contributed by atoms with Gasteiger partial charge in [0.1, 0.15) is 17.4 Å². The number of carbonyl (C=O) groups is 2. The molecule has 25 heavy (non-hydrogen) atoms. The topological polar surface area (TPSA) is 82.1 Å². The molecule has 0 fully saturated rings. The van der Waals surface area contributed by atoms with E-state index in [4.69, 9.17) is 14.2 Å².